The highest BCUT2D eigenvalue weighted by Gasteiger charge is 2.33. The molecule has 1 amide bonds. The van der Waals surface area contributed by atoms with E-state index in [0.717, 1.165) is 22.1 Å². The molecule has 0 saturated carbocycles. The summed E-state index contributed by atoms with van der Waals surface area (Å²) in [6.45, 7) is 1.42. The maximum absolute atomic E-state index is 12.1. The van der Waals surface area contributed by atoms with Gasteiger partial charge >= 0.3 is 12.1 Å². The summed E-state index contributed by atoms with van der Waals surface area (Å²) in [5, 5.41) is 11.9. The number of ether oxygens (including phenoxy) is 2. The fourth-order valence-electron chi connectivity index (χ4n) is 4.99. The van der Waals surface area contributed by atoms with Crippen LogP contribution in [0.3, 0.4) is 0 Å². The van der Waals surface area contributed by atoms with Gasteiger partial charge in [-0.15, -0.1) is 0 Å². The molecule has 0 aliphatic carbocycles. The number of hydrogen-bond acceptors (Lipinski definition) is 4. The molecule has 1 aliphatic heterocycles. The molecule has 4 aromatic rings. The molecule has 1 aliphatic rings. The summed E-state index contributed by atoms with van der Waals surface area (Å²) < 4.78 is 11.7. The number of benzene rings is 4. The highest BCUT2D eigenvalue weighted by Crippen LogP contribution is 2.32. The monoisotopic (exact) mass is 521 g/mol. The maximum Gasteiger partial charge on any atom is 0.407 e. The second kappa shape index (κ2) is 12.4. The Hall–Kier alpha value is -4.42. The van der Waals surface area contributed by atoms with Crippen LogP contribution in [-0.2, 0) is 16.1 Å². The van der Waals surface area contributed by atoms with Crippen LogP contribution in [0.2, 0.25) is 0 Å². The van der Waals surface area contributed by atoms with Crippen molar-refractivity contribution in [3.63, 3.8) is 0 Å². The molecule has 1 heterocycles. The van der Waals surface area contributed by atoms with Crippen molar-refractivity contribution in [2.75, 3.05) is 19.7 Å². The third-order valence-corrected chi connectivity index (χ3v) is 7.10. The van der Waals surface area contributed by atoms with Gasteiger partial charge in [-0.05, 0) is 58.2 Å². The fourth-order valence-corrected chi connectivity index (χ4v) is 4.99. The van der Waals surface area contributed by atoms with E-state index in [1.54, 1.807) is 24.3 Å². The number of esters is 1. The lowest BCUT2D eigenvalue weighted by molar-refractivity contribution is -0.0199. The Balaban J connectivity index is 1.22. The Morgan fingerprint density at radius 3 is 2.41 bits per heavy atom. The number of hydrogen-bond donors (Lipinski definition) is 1. The second-order valence-electron chi connectivity index (χ2n) is 9.69. The molecule has 1 N–H and O–H groups in total. The molecule has 2 unspecified atom stereocenters. The van der Waals surface area contributed by atoms with Crippen molar-refractivity contribution in [2.45, 2.75) is 25.0 Å². The normalized spacial score (nSPS) is 17.4. The number of nitrogens with zero attached hydrogens (tertiary/aromatic N) is 1. The minimum absolute atomic E-state index is 0.0888. The number of fused-ring (bicyclic) bond motifs is 1. The van der Waals surface area contributed by atoms with E-state index < -0.39 is 6.09 Å². The van der Waals surface area contributed by atoms with Crippen LogP contribution in [0, 0.1) is 0 Å². The van der Waals surface area contributed by atoms with Gasteiger partial charge in [-0.25, -0.2) is 9.59 Å². The zero-order chi connectivity index (χ0) is 27.0. The number of carbonyl (C=O) groups is 2. The first-order chi connectivity index (χ1) is 19.1. The zero-order valence-electron chi connectivity index (χ0n) is 21.6. The van der Waals surface area contributed by atoms with E-state index >= 15 is 0 Å². The van der Waals surface area contributed by atoms with Crippen molar-refractivity contribution in [2.24, 2.45) is 0 Å². The van der Waals surface area contributed by atoms with E-state index in [1.807, 2.05) is 42.5 Å². The van der Waals surface area contributed by atoms with Gasteiger partial charge in [-0.1, -0.05) is 84.9 Å². The van der Waals surface area contributed by atoms with Crippen LogP contribution in [0.5, 0.6) is 0 Å². The van der Waals surface area contributed by atoms with E-state index in [4.69, 9.17) is 9.47 Å². The summed E-state index contributed by atoms with van der Waals surface area (Å²) >= 11 is 0. The molecule has 0 radical (unpaired) electrons. The Bertz CT molecular complexity index is 1450. The van der Waals surface area contributed by atoms with Gasteiger partial charge in [0.15, 0.2) is 0 Å². The predicted molar refractivity (Wildman–Crippen MR) is 152 cm³/mol. The van der Waals surface area contributed by atoms with Crippen molar-refractivity contribution in [3.05, 3.63) is 125 Å². The Labute approximate surface area is 228 Å². The minimum atomic E-state index is -0.916. The second-order valence-corrected chi connectivity index (χ2v) is 9.69. The van der Waals surface area contributed by atoms with Crippen LogP contribution < -0.4 is 0 Å². The van der Waals surface area contributed by atoms with Gasteiger partial charge in [-0.3, -0.25) is 0 Å². The zero-order valence-corrected chi connectivity index (χ0v) is 21.6. The van der Waals surface area contributed by atoms with Crippen LogP contribution >= 0.6 is 0 Å². The van der Waals surface area contributed by atoms with Crippen LogP contribution in [0.15, 0.2) is 103 Å². The summed E-state index contributed by atoms with van der Waals surface area (Å²) in [6, 6.07) is 31.6. The topological polar surface area (TPSA) is 76.1 Å². The van der Waals surface area contributed by atoms with Crippen LogP contribution in [0.4, 0.5) is 4.79 Å². The summed E-state index contributed by atoms with van der Waals surface area (Å²) in [7, 11) is 0. The van der Waals surface area contributed by atoms with Crippen LogP contribution in [0.1, 0.15) is 39.4 Å². The van der Waals surface area contributed by atoms with Gasteiger partial charge in [0, 0.05) is 12.5 Å². The quantitative estimate of drug-likeness (QED) is 0.259. The van der Waals surface area contributed by atoms with Crippen molar-refractivity contribution in [1.29, 1.82) is 0 Å². The van der Waals surface area contributed by atoms with Gasteiger partial charge in [0.2, 0.25) is 0 Å². The molecule has 2 atom stereocenters. The third-order valence-electron chi connectivity index (χ3n) is 7.10. The molecule has 0 aromatic heterocycles. The SMILES string of the molecule is O=C(OCC=Cc1ccc(C2CCN(C(=O)O)CC2OCc2ccc3ccccc3c2)cc1)c1ccccc1. The number of amides is 1. The van der Waals surface area contributed by atoms with Crippen molar-refractivity contribution in [3.8, 4) is 0 Å². The smallest absolute Gasteiger partial charge is 0.407 e. The molecular formula is C33H31NO5. The number of carbonyl (C=O) groups excluding carboxylic acids is 1. The molecule has 6 heteroatoms. The molecule has 1 saturated heterocycles. The lowest BCUT2D eigenvalue weighted by atomic mass is 9.86. The summed E-state index contributed by atoms with van der Waals surface area (Å²) in [5.74, 6) is -0.260. The molecule has 4 aromatic carbocycles. The minimum Gasteiger partial charge on any atom is -0.465 e. The van der Waals surface area contributed by atoms with E-state index in [0.29, 0.717) is 31.7 Å². The summed E-state index contributed by atoms with van der Waals surface area (Å²) in [5.41, 5.74) is 3.71. The first-order valence-electron chi connectivity index (χ1n) is 13.1. The maximum atomic E-state index is 12.1. The molecule has 0 bridgehead atoms. The summed E-state index contributed by atoms with van der Waals surface area (Å²) in [4.78, 5) is 25.2. The largest absolute Gasteiger partial charge is 0.465 e. The Morgan fingerprint density at radius 2 is 1.64 bits per heavy atom. The van der Waals surface area contributed by atoms with E-state index in [2.05, 4.69) is 42.5 Å². The molecule has 6 nitrogen and oxygen atoms in total. The molecule has 1 fully saturated rings. The van der Waals surface area contributed by atoms with Gasteiger partial charge in [0.1, 0.15) is 6.61 Å². The van der Waals surface area contributed by atoms with Crippen LogP contribution in [-0.4, -0.2) is 47.9 Å². The van der Waals surface area contributed by atoms with E-state index in [1.165, 1.54) is 10.3 Å². The highest BCUT2D eigenvalue weighted by molar-refractivity contribution is 5.89. The molecule has 39 heavy (non-hydrogen) atoms. The molecular weight excluding hydrogens is 490 g/mol. The van der Waals surface area contributed by atoms with Gasteiger partial charge in [0.25, 0.3) is 0 Å². The standard InChI is InChI=1S/C33H31NO5/c35-32(28-9-2-1-3-10-28)38-20-6-7-24-12-16-27(17-13-24)30-18-19-34(33(36)37)22-31(30)39-23-25-14-15-26-8-4-5-11-29(26)21-25/h1-17,21,30-31H,18-20,22-23H2,(H,36,37). The van der Waals surface area contributed by atoms with E-state index in [9.17, 15) is 14.7 Å². The first-order valence-corrected chi connectivity index (χ1v) is 13.1. The number of likely N-dealkylation sites (tertiary alicyclic amines) is 1. The summed E-state index contributed by atoms with van der Waals surface area (Å²) in [6.07, 6.45) is 3.26. The average Bonchev–Trinajstić information content (AvgIpc) is 2.98. The van der Waals surface area contributed by atoms with Gasteiger partial charge in [-0.2, -0.15) is 0 Å². The van der Waals surface area contributed by atoms with Crippen LogP contribution in [0.25, 0.3) is 16.8 Å². The lowest BCUT2D eigenvalue weighted by Crippen LogP contribution is -2.46. The van der Waals surface area contributed by atoms with E-state index in [-0.39, 0.29) is 24.6 Å². The average molecular weight is 522 g/mol. The lowest BCUT2D eigenvalue weighted by Gasteiger charge is -2.37. The molecule has 5 rings (SSSR count). The van der Waals surface area contributed by atoms with Crippen molar-refractivity contribution < 1.29 is 24.2 Å². The Morgan fingerprint density at radius 1 is 0.897 bits per heavy atom. The predicted octanol–water partition coefficient (Wildman–Crippen LogP) is 6.76. The van der Waals surface area contributed by atoms with Gasteiger partial charge in [0.05, 0.1) is 24.8 Å². The molecule has 0 spiro atoms. The van der Waals surface area contributed by atoms with Crippen molar-refractivity contribution >= 4 is 28.9 Å². The highest BCUT2D eigenvalue weighted by atomic mass is 16.5. The fraction of sp³-hybridized carbons (Fsp3) is 0.212. The number of piperidine rings is 1. The third kappa shape index (κ3) is 6.72. The Kier molecular flexibility index (Phi) is 8.34. The van der Waals surface area contributed by atoms with Crippen molar-refractivity contribution in [1.82, 2.24) is 4.90 Å². The number of rotatable bonds is 8. The molecule has 198 valence electrons. The number of carboxylic acid groups (broad SMARTS) is 1. The first kappa shape index (κ1) is 26.2. The van der Waals surface area contributed by atoms with Gasteiger partial charge < -0.3 is 19.5 Å².